The minimum absolute atomic E-state index is 0.274. The van der Waals surface area contributed by atoms with Crippen molar-refractivity contribution in [2.75, 3.05) is 6.61 Å². The molecule has 0 saturated heterocycles. The first kappa shape index (κ1) is 7.43. The van der Waals surface area contributed by atoms with Crippen LogP contribution < -0.4 is 5.73 Å². The highest BCUT2D eigenvalue weighted by Gasteiger charge is 2.09. The lowest BCUT2D eigenvalue weighted by Gasteiger charge is -2.15. The summed E-state index contributed by atoms with van der Waals surface area (Å²) in [5.41, 5.74) is 5.04. The molecule has 3 heteroatoms. The van der Waals surface area contributed by atoms with Crippen molar-refractivity contribution in [1.29, 1.82) is 0 Å². The summed E-state index contributed by atoms with van der Waals surface area (Å²) in [4.78, 5) is 9.57. The highest BCUT2D eigenvalue weighted by Crippen LogP contribution is 1.94. The monoisotopic (exact) mass is 117 g/mol. The Morgan fingerprint density at radius 3 is 2.38 bits per heavy atom. The van der Waals surface area contributed by atoms with Crippen LogP contribution in [-0.4, -0.2) is 18.6 Å². The van der Waals surface area contributed by atoms with Crippen molar-refractivity contribution in [2.24, 2.45) is 5.73 Å². The molecule has 0 amide bonds. The van der Waals surface area contributed by atoms with Crippen LogP contribution in [0.25, 0.3) is 0 Å². The van der Waals surface area contributed by atoms with Crippen LogP contribution in [0.1, 0.15) is 13.8 Å². The van der Waals surface area contributed by atoms with Crippen molar-refractivity contribution in [1.82, 2.24) is 0 Å². The highest BCUT2D eigenvalue weighted by molar-refractivity contribution is 5.37. The molecule has 0 rings (SSSR count). The first-order valence-corrected chi connectivity index (χ1v) is 2.40. The maximum absolute atomic E-state index is 9.57. The van der Waals surface area contributed by atoms with Gasteiger partial charge in [-0.15, -0.1) is 0 Å². The number of hydrogen-bond donors (Lipinski definition) is 1. The molecule has 0 saturated carbocycles. The summed E-state index contributed by atoms with van der Waals surface area (Å²) in [7, 11) is 0. The van der Waals surface area contributed by atoms with Gasteiger partial charge >= 0.3 is 0 Å². The molecule has 0 spiro atoms. The molecule has 2 N–H and O–H groups in total. The molecule has 0 bridgehead atoms. The lowest BCUT2D eigenvalue weighted by atomic mass is 10.1. The zero-order valence-corrected chi connectivity index (χ0v) is 5.18. The largest absolute Gasteiger partial charge is 0.466 e. The lowest BCUT2D eigenvalue weighted by Crippen LogP contribution is -2.37. The fourth-order valence-electron chi connectivity index (χ4n) is 0.249. The maximum atomic E-state index is 9.57. The first-order valence-electron chi connectivity index (χ1n) is 2.40. The Hall–Kier alpha value is -0.570. The van der Waals surface area contributed by atoms with Crippen molar-refractivity contribution in [3.8, 4) is 0 Å². The second-order valence-electron chi connectivity index (χ2n) is 2.40. The van der Waals surface area contributed by atoms with Crippen molar-refractivity contribution in [3.63, 3.8) is 0 Å². The summed E-state index contributed by atoms with van der Waals surface area (Å²) in [6, 6.07) is 0. The quantitative estimate of drug-likeness (QED) is 0.525. The van der Waals surface area contributed by atoms with E-state index in [1.165, 1.54) is 0 Å². The Kier molecular flexibility index (Phi) is 2.48. The summed E-state index contributed by atoms with van der Waals surface area (Å²) in [6.07, 6.45) is 0. The minimum atomic E-state index is -0.402. The van der Waals surface area contributed by atoms with Crippen LogP contribution in [0.5, 0.6) is 0 Å². The van der Waals surface area contributed by atoms with Gasteiger partial charge in [-0.1, -0.05) is 0 Å². The predicted molar refractivity (Wildman–Crippen MR) is 30.3 cm³/mol. The number of rotatable bonds is 3. The fourth-order valence-corrected chi connectivity index (χ4v) is 0.249. The topological polar surface area (TPSA) is 52.3 Å². The lowest BCUT2D eigenvalue weighted by molar-refractivity contribution is -0.130. The van der Waals surface area contributed by atoms with Gasteiger partial charge in [0, 0.05) is 5.54 Å². The Labute approximate surface area is 48.8 Å². The van der Waals surface area contributed by atoms with Gasteiger partial charge in [0.25, 0.3) is 6.47 Å². The van der Waals surface area contributed by atoms with E-state index in [1.54, 1.807) is 13.8 Å². The van der Waals surface area contributed by atoms with E-state index in [1.807, 2.05) is 0 Å². The van der Waals surface area contributed by atoms with Gasteiger partial charge in [0.2, 0.25) is 0 Å². The van der Waals surface area contributed by atoms with Gasteiger partial charge in [-0.2, -0.15) is 0 Å². The predicted octanol–water partition coefficient (Wildman–Crippen LogP) is -0.103. The maximum Gasteiger partial charge on any atom is 0.293 e. The number of carbonyl (C=O) groups is 1. The average Bonchev–Trinajstić information content (AvgIpc) is 1.59. The highest BCUT2D eigenvalue weighted by atomic mass is 16.5. The van der Waals surface area contributed by atoms with E-state index in [4.69, 9.17) is 5.73 Å². The third-order valence-corrected chi connectivity index (χ3v) is 0.523. The smallest absolute Gasteiger partial charge is 0.293 e. The Bertz CT molecular complexity index is 75.0. The van der Waals surface area contributed by atoms with Crippen molar-refractivity contribution in [2.45, 2.75) is 19.4 Å². The molecule has 0 aromatic heterocycles. The molecule has 0 aromatic rings. The number of ether oxygens (including phenoxy) is 1. The van der Waals surface area contributed by atoms with E-state index >= 15 is 0 Å². The van der Waals surface area contributed by atoms with Crippen LogP contribution in [-0.2, 0) is 9.53 Å². The van der Waals surface area contributed by atoms with Gasteiger partial charge in [-0.3, -0.25) is 4.79 Å². The molecule has 0 heterocycles. The number of carbonyl (C=O) groups excluding carboxylic acids is 1. The molecule has 0 unspecified atom stereocenters. The third kappa shape index (κ3) is 5.43. The van der Waals surface area contributed by atoms with Crippen LogP contribution in [0.3, 0.4) is 0 Å². The second kappa shape index (κ2) is 2.67. The van der Waals surface area contributed by atoms with Crippen LogP contribution in [0.4, 0.5) is 0 Å². The van der Waals surface area contributed by atoms with Crippen molar-refractivity contribution >= 4 is 6.47 Å². The normalized spacial score (nSPS) is 10.9. The molecule has 0 atom stereocenters. The number of hydrogen-bond acceptors (Lipinski definition) is 3. The summed E-state index contributed by atoms with van der Waals surface area (Å²) in [5, 5.41) is 0. The second-order valence-corrected chi connectivity index (χ2v) is 2.40. The van der Waals surface area contributed by atoms with Crippen molar-refractivity contribution in [3.05, 3.63) is 0 Å². The molecule has 0 aliphatic carbocycles. The summed E-state index contributed by atoms with van der Waals surface area (Å²) in [6.45, 7) is 4.25. The van der Waals surface area contributed by atoms with Gasteiger partial charge in [0.1, 0.15) is 6.61 Å². The number of nitrogens with two attached hydrogens (primary N) is 1. The van der Waals surface area contributed by atoms with Gasteiger partial charge in [0.15, 0.2) is 0 Å². The Morgan fingerprint density at radius 2 is 2.25 bits per heavy atom. The molecule has 0 aliphatic rings. The van der Waals surface area contributed by atoms with Gasteiger partial charge < -0.3 is 10.5 Å². The zero-order valence-electron chi connectivity index (χ0n) is 5.18. The van der Waals surface area contributed by atoms with Gasteiger partial charge in [0.05, 0.1) is 0 Å². The molecular formula is C5H11NO2. The van der Waals surface area contributed by atoms with Crippen LogP contribution in [0, 0.1) is 0 Å². The zero-order chi connectivity index (χ0) is 6.62. The van der Waals surface area contributed by atoms with E-state index < -0.39 is 5.54 Å². The van der Waals surface area contributed by atoms with E-state index in [9.17, 15) is 4.79 Å². The molecule has 3 nitrogen and oxygen atoms in total. The average molecular weight is 117 g/mol. The summed E-state index contributed by atoms with van der Waals surface area (Å²) in [5.74, 6) is 0. The summed E-state index contributed by atoms with van der Waals surface area (Å²) >= 11 is 0. The van der Waals surface area contributed by atoms with Crippen molar-refractivity contribution < 1.29 is 9.53 Å². The van der Waals surface area contributed by atoms with Gasteiger partial charge in [-0.25, -0.2) is 0 Å². The molecule has 0 fully saturated rings. The standard InChI is InChI=1S/C5H11NO2/c1-5(2,6)3-8-4-7/h4H,3,6H2,1-2H3. The molecular weight excluding hydrogens is 106 g/mol. The van der Waals surface area contributed by atoms with E-state index in [0.717, 1.165) is 0 Å². The molecule has 8 heavy (non-hydrogen) atoms. The van der Waals surface area contributed by atoms with E-state index in [2.05, 4.69) is 4.74 Å². The Morgan fingerprint density at radius 1 is 1.75 bits per heavy atom. The molecule has 0 aromatic carbocycles. The van der Waals surface area contributed by atoms with Crippen LogP contribution in [0.2, 0.25) is 0 Å². The van der Waals surface area contributed by atoms with Crippen LogP contribution >= 0.6 is 0 Å². The SMILES string of the molecule is CC(C)(N)COC=O. The first-order chi connectivity index (χ1) is 3.56. The van der Waals surface area contributed by atoms with E-state index in [-0.39, 0.29) is 6.61 Å². The molecule has 0 aliphatic heterocycles. The Balaban J connectivity index is 3.24. The summed E-state index contributed by atoms with van der Waals surface area (Å²) < 4.78 is 4.39. The third-order valence-electron chi connectivity index (χ3n) is 0.523. The van der Waals surface area contributed by atoms with Crippen LogP contribution in [0.15, 0.2) is 0 Å². The molecule has 0 radical (unpaired) electrons. The van der Waals surface area contributed by atoms with Gasteiger partial charge in [-0.05, 0) is 13.8 Å². The van der Waals surface area contributed by atoms with E-state index in [0.29, 0.717) is 6.47 Å². The minimum Gasteiger partial charge on any atom is -0.466 e. The molecule has 48 valence electrons. The fraction of sp³-hybridized carbons (Fsp3) is 0.800.